The SMILES string of the molecule is CCc1cc([C@@H](O)[C@@H]2CC[C@H](C)O2)ccc1Cl. The fraction of sp³-hybridized carbons (Fsp3) is 0.571. The van der Waals surface area contributed by atoms with Crippen molar-refractivity contribution in [3.05, 3.63) is 34.3 Å². The number of aryl methyl sites for hydroxylation is 1. The number of aliphatic hydroxyl groups excluding tert-OH is 1. The first-order chi connectivity index (χ1) is 8.11. The summed E-state index contributed by atoms with van der Waals surface area (Å²) < 4.78 is 5.70. The Kier molecular flexibility index (Phi) is 4.08. The third-order valence-corrected chi connectivity index (χ3v) is 3.78. The van der Waals surface area contributed by atoms with Crippen molar-refractivity contribution in [2.45, 2.75) is 51.4 Å². The number of halogens is 1. The highest BCUT2D eigenvalue weighted by molar-refractivity contribution is 6.31. The predicted molar refractivity (Wildman–Crippen MR) is 69.4 cm³/mol. The molecule has 0 spiro atoms. The third-order valence-electron chi connectivity index (χ3n) is 3.41. The Morgan fingerprint density at radius 2 is 2.24 bits per heavy atom. The Bertz CT molecular complexity index is 392. The van der Waals surface area contributed by atoms with Crippen LogP contribution >= 0.6 is 11.6 Å². The molecule has 1 heterocycles. The Morgan fingerprint density at radius 1 is 1.47 bits per heavy atom. The Hall–Kier alpha value is -0.570. The average Bonchev–Trinajstić information content (AvgIpc) is 2.75. The van der Waals surface area contributed by atoms with Crippen LogP contribution in [0.3, 0.4) is 0 Å². The highest BCUT2D eigenvalue weighted by Gasteiger charge is 2.29. The third kappa shape index (κ3) is 2.82. The molecule has 0 unspecified atom stereocenters. The molecule has 1 aromatic carbocycles. The van der Waals surface area contributed by atoms with Crippen LogP contribution in [0.1, 0.15) is 43.9 Å². The van der Waals surface area contributed by atoms with Gasteiger partial charge in [0.15, 0.2) is 0 Å². The lowest BCUT2D eigenvalue weighted by atomic mass is 9.99. The van der Waals surface area contributed by atoms with Gasteiger partial charge in [0.05, 0.1) is 12.2 Å². The lowest BCUT2D eigenvalue weighted by Gasteiger charge is -2.19. The maximum atomic E-state index is 10.3. The van der Waals surface area contributed by atoms with Gasteiger partial charge in [0.25, 0.3) is 0 Å². The van der Waals surface area contributed by atoms with E-state index < -0.39 is 6.10 Å². The lowest BCUT2D eigenvalue weighted by molar-refractivity contribution is -0.0297. The zero-order chi connectivity index (χ0) is 12.4. The molecule has 2 nitrogen and oxygen atoms in total. The van der Waals surface area contributed by atoms with E-state index in [-0.39, 0.29) is 12.2 Å². The summed E-state index contributed by atoms with van der Waals surface area (Å²) in [5, 5.41) is 11.0. The zero-order valence-corrected chi connectivity index (χ0v) is 11.1. The molecule has 0 bridgehead atoms. The molecule has 1 fully saturated rings. The van der Waals surface area contributed by atoms with Gasteiger partial charge in [-0.1, -0.05) is 30.7 Å². The second-order valence-corrected chi connectivity index (χ2v) is 5.12. The van der Waals surface area contributed by atoms with Crippen LogP contribution in [-0.2, 0) is 11.2 Å². The van der Waals surface area contributed by atoms with E-state index in [0.29, 0.717) is 0 Å². The summed E-state index contributed by atoms with van der Waals surface area (Å²) in [5.74, 6) is 0. The van der Waals surface area contributed by atoms with Gasteiger partial charge in [-0.2, -0.15) is 0 Å². The fourth-order valence-electron chi connectivity index (χ4n) is 2.33. The van der Waals surface area contributed by atoms with Crippen molar-refractivity contribution in [1.29, 1.82) is 0 Å². The molecule has 0 saturated carbocycles. The number of hydrogen-bond donors (Lipinski definition) is 1. The molecule has 1 saturated heterocycles. The Labute approximate surface area is 108 Å². The summed E-state index contributed by atoms with van der Waals surface area (Å²) in [7, 11) is 0. The number of aliphatic hydroxyl groups is 1. The first kappa shape index (κ1) is 12.9. The van der Waals surface area contributed by atoms with Crippen LogP contribution < -0.4 is 0 Å². The molecule has 2 rings (SSSR count). The Balaban J connectivity index is 2.16. The van der Waals surface area contributed by atoms with Gasteiger partial charge in [0, 0.05) is 5.02 Å². The fourth-order valence-corrected chi connectivity index (χ4v) is 2.58. The van der Waals surface area contributed by atoms with Gasteiger partial charge in [-0.05, 0) is 43.4 Å². The minimum absolute atomic E-state index is 0.0733. The molecule has 1 aliphatic rings. The van der Waals surface area contributed by atoms with Crippen molar-refractivity contribution in [2.75, 3.05) is 0 Å². The lowest BCUT2D eigenvalue weighted by Crippen LogP contribution is -2.18. The minimum Gasteiger partial charge on any atom is -0.386 e. The molecule has 17 heavy (non-hydrogen) atoms. The molecule has 0 radical (unpaired) electrons. The molecule has 1 N–H and O–H groups in total. The second-order valence-electron chi connectivity index (χ2n) is 4.71. The normalized spacial score (nSPS) is 26.1. The van der Waals surface area contributed by atoms with Gasteiger partial charge in [-0.3, -0.25) is 0 Å². The molecule has 3 atom stereocenters. The van der Waals surface area contributed by atoms with E-state index >= 15 is 0 Å². The van der Waals surface area contributed by atoms with Crippen LogP contribution in [0.4, 0.5) is 0 Å². The summed E-state index contributed by atoms with van der Waals surface area (Å²) in [6, 6.07) is 5.73. The highest BCUT2D eigenvalue weighted by atomic mass is 35.5. The van der Waals surface area contributed by atoms with E-state index in [2.05, 4.69) is 6.92 Å². The maximum Gasteiger partial charge on any atom is 0.105 e. The van der Waals surface area contributed by atoms with E-state index in [1.54, 1.807) is 0 Å². The first-order valence-corrected chi connectivity index (χ1v) is 6.61. The number of hydrogen-bond acceptors (Lipinski definition) is 2. The van der Waals surface area contributed by atoms with E-state index in [9.17, 15) is 5.11 Å². The van der Waals surface area contributed by atoms with E-state index in [4.69, 9.17) is 16.3 Å². The molecule has 0 amide bonds. The first-order valence-electron chi connectivity index (χ1n) is 6.23. The van der Waals surface area contributed by atoms with Crippen molar-refractivity contribution in [3.63, 3.8) is 0 Å². The van der Waals surface area contributed by atoms with Crippen LogP contribution in [-0.4, -0.2) is 17.3 Å². The molecular formula is C14H19ClO2. The molecule has 3 heteroatoms. The van der Waals surface area contributed by atoms with Crippen LogP contribution in [0.25, 0.3) is 0 Å². The van der Waals surface area contributed by atoms with E-state index in [1.165, 1.54) is 0 Å². The van der Waals surface area contributed by atoms with Gasteiger partial charge in [-0.15, -0.1) is 0 Å². The predicted octanol–water partition coefficient (Wildman–Crippen LogP) is 3.50. The quantitative estimate of drug-likeness (QED) is 0.895. The molecular weight excluding hydrogens is 236 g/mol. The van der Waals surface area contributed by atoms with Crippen molar-refractivity contribution in [1.82, 2.24) is 0 Å². The monoisotopic (exact) mass is 254 g/mol. The topological polar surface area (TPSA) is 29.5 Å². The summed E-state index contributed by atoms with van der Waals surface area (Å²) in [6.45, 7) is 4.11. The number of rotatable bonds is 3. The van der Waals surface area contributed by atoms with E-state index in [0.717, 1.165) is 35.4 Å². The van der Waals surface area contributed by atoms with Gasteiger partial charge in [0.2, 0.25) is 0 Å². The molecule has 94 valence electrons. The van der Waals surface area contributed by atoms with Crippen LogP contribution in [0.2, 0.25) is 5.02 Å². The highest BCUT2D eigenvalue weighted by Crippen LogP contribution is 2.31. The van der Waals surface area contributed by atoms with Crippen LogP contribution in [0.5, 0.6) is 0 Å². The van der Waals surface area contributed by atoms with Crippen LogP contribution in [0.15, 0.2) is 18.2 Å². The maximum absolute atomic E-state index is 10.3. The molecule has 1 aromatic rings. The minimum atomic E-state index is -0.539. The molecule has 0 aliphatic carbocycles. The van der Waals surface area contributed by atoms with Crippen molar-refractivity contribution in [2.24, 2.45) is 0 Å². The standard InChI is InChI=1S/C14H19ClO2/c1-3-10-8-11(5-6-12(10)15)14(16)13-7-4-9(2)17-13/h5-6,8-9,13-14,16H,3-4,7H2,1-2H3/t9-,13-,14+/m0/s1. The van der Waals surface area contributed by atoms with Gasteiger partial charge in [0.1, 0.15) is 6.10 Å². The molecule has 1 aliphatic heterocycles. The number of ether oxygens (including phenoxy) is 1. The zero-order valence-electron chi connectivity index (χ0n) is 10.3. The van der Waals surface area contributed by atoms with Gasteiger partial charge >= 0.3 is 0 Å². The summed E-state index contributed by atoms with van der Waals surface area (Å²) in [5.41, 5.74) is 1.99. The summed E-state index contributed by atoms with van der Waals surface area (Å²) in [4.78, 5) is 0. The van der Waals surface area contributed by atoms with Crippen molar-refractivity contribution < 1.29 is 9.84 Å². The molecule has 0 aromatic heterocycles. The largest absolute Gasteiger partial charge is 0.386 e. The van der Waals surface area contributed by atoms with Gasteiger partial charge < -0.3 is 9.84 Å². The second kappa shape index (κ2) is 5.38. The smallest absolute Gasteiger partial charge is 0.105 e. The van der Waals surface area contributed by atoms with Gasteiger partial charge in [-0.25, -0.2) is 0 Å². The summed E-state index contributed by atoms with van der Waals surface area (Å²) in [6.07, 6.45) is 2.47. The van der Waals surface area contributed by atoms with Crippen LogP contribution in [0, 0.1) is 0 Å². The summed E-state index contributed by atoms with van der Waals surface area (Å²) >= 11 is 6.07. The van der Waals surface area contributed by atoms with Crippen molar-refractivity contribution >= 4 is 11.6 Å². The van der Waals surface area contributed by atoms with Crippen molar-refractivity contribution in [3.8, 4) is 0 Å². The average molecular weight is 255 g/mol. The van der Waals surface area contributed by atoms with E-state index in [1.807, 2.05) is 25.1 Å². The number of benzene rings is 1. The Morgan fingerprint density at radius 3 is 2.82 bits per heavy atom.